The minimum Gasteiger partial charge on any atom is -0.437 e. The van der Waals surface area contributed by atoms with Gasteiger partial charge < -0.3 is 4.74 Å². The highest BCUT2D eigenvalue weighted by Crippen LogP contribution is 2.33. The summed E-state index contributed by atoms with van der Waals surface area (Å²) in [4.78, 5) is 18.0. The summed E-state index contributed by atoms with van der Waals surface area (Å²) in [5.74, 6) is 1.99. The molecule has 0 aliphatic rings. The zero-order valence-corrected chi connectivity index (χ0v) is 17.0. The van der Waals surface area contributed by atoms with Crippen LogP contribution in [0.15, 0.2) is 104 Å². The van der Waals surface area contributed by atoms with Crippen molar-refractivity contribution in [1.29, 1.82) is 0 Å². The van der Waals surface area contributed by atoms with Crippen LogP contribution in [-0.4, -0.2) is 24.5 Å². The fourth-order valence-corrected chi connectivity index (χ4v) is 3.88. The van der Waals surface area contributed by atoms with E-state index in [9.17, 15) is 0 Å². The van der Waals surface area contributed by atoms with Crippen LogP contribution in [0.4, 0.5) is 0 Å². The molecule has 0 N–H and O–H groups in total. The molecule has 0 amide bonds. The van der Waals surface area contributed by atoms with Crippen LogP contribution in [-0.2, 0) is 0 Å². The van der Waals surface area contributed by atoms with Gasteiger partial charge in [0.1, 0.15) is 11.6 Å². The summed E-state index contributed by atoms with van der Waals surface area (Å²) in [6.07, 6.45) is 8.85. The minimum absolute atomic E-state index is 0.523. The number of fused-ring (bicyclic) bond motifs is 3. The lowest BCUT2D eigenvalue weighted by Crippen LogP contribution is -1.96. The topological polar surface area (TPSA) is 65.7 Å². The molecule has 0 atom stereocenters. The predicted octanol–water partition coefficient (Wildman–Crippen LogP) is 5.82. The van der Waals surface area contributed by atoms with Crippen LogP contribution in [0.3, 0.4) is 0 Å². The first-order chi connectivity index (χ1) is 15.9. The van der Waals surface area contributed by atoms with E-state index in [4.69, 9.17) is 9.72 Å². The van der Waals surface area contributed by atoms with Gasteiger partial charge in [0.25, 0.3) is 0 Å². The lowest BCUT2D eigenvalue weighted by molar-refractivity contribution is 0.461. The molecule has 0 aliphatic heterocycles. The monoisotopic (exact) mass is 415 g/mol. The van der Waals surface area contributed by atoms with Crippen LogP contribution in [0.25, 0.3) is 38.9 Å². The van der Waals surface area contributed by atoms with Gasteiger partial charge >= 0.3 is 0 Å². The maximum Gasteiger partial charge on any atom is 0.219 e. The number of rotatable bonds is 4. The van der Waals surface area contributed by atoms with Crippen molar-refractivity contribution in [1.82, 2.24) is 24.5 Å². The third-order valence-electron chi connectivity index (χ3n) is 5.29. The number of aromatic nitrogens is 5. The smallest absolute Gasteiger partial charge is 0.219 e. The highest BCUT2D eigenvalue weighted by atomic mass is 16.5. The van der Waals surface area contributed by atoms with Crippen LogP contribution >= 0.6 is 0 Å². The van der Waals surface area contributed by atoms with Crippen molar-refractivity contribution in [2.75, 3.05) is 0 Å². The lowest BCUT2D eigenvalue weighted by Gasteiger charge is -2.08. The van der Waals surface area contributed by atoms with Crippen LogP contribution in [0.1, 0.15) is 0 Å². The molecule has 6 rings (SSSR count). The van der Waals surface area contributed by atoms with Crippen molar-refractivity contribution in [3.05, 3.63) is 104 Å². The molecule has 152 valence electrons. The number of hydrogen-bond donors (Lipinski definition) is 0. The van der Waals surface area contributed by atoms with Crippen molar-refractivity contribution in [2.24, 2.45) is 0 Å². The summed E-state index contributed by atoms with van der Waals surface area (Å²) < 4.78 is 8.00. The summed E-state index contributed by atoms with van der Waals surface area (Å²) in [5.41, 5.74) is 4.83. The van der Waals surface area contributed by atoms with E-state index in [2.05, 4.69) is 37.7 Å². The molecule has 5 heterocycles. The summed E-state index contributed by atoms with van der Waals surface area (Å²) in [6.45, 7) is 0. The number of ether oxygens (including phenoxy) is 1. The Hall–Kier alpha value is -4.58. The Balaban J connectivity index is 1.50. The number of benzene rings is 1. The normalized spacial score (nSPS) is 11.1. The molecule has 0 radical (unpaired) electrons. The Morgan fingerprint density at radius 2 is 1.47 bits per heavy atom. The van der Waals surface area contributed by atoms with E-state index in [1.807, 2.05) is 67.0 Å². The van der Waals surface area contributed by atoms with Crippen molar-refractivity contribution >= 4 is 21.9 Å². The van der Waals surface area contributed by atoms with Gasteiger partial charge in [0, 0.05) is 47.4 Å². The van der Waals surface area contributed by atoms with Gasteiger partial charge in [-0.05, 0) is 36.4 Å². The van der Waals surface area contributed by atoms with Gasteiger partial charge in [0.05, 0.1) is 22.7 Å². The van der Waals surface area contributed by atoms with Gasteiger partial charge in [-0.25, -0.2) is 9.97 Å². The van der Waals surface area contributed by atoms with Crippen molar-refractivity contribution in [2.45, 2.75) is 0 Å². The molecule has 6 heteroatoms. The second kappa shape index (κ2) is 7.59. The van der Waals surface area contributed by atoms with E-state index in [0.29, 0.717) is 11.6 Å². The van der Waals surface area contributed by atoms with Crippen LogP contribution in [0, 0.1) is 0 Å². The third-order valence-corrected chi connectivity index (χ3v) is 5.29. The van der Waals surface area contributed by atoms with Crippen LogP contribution in [0.2, 0.25) is 0 Å². The molecule has 0 fully saturated rings. The first-order valence-corrected chi connectivity index (χ1v) is 10.2. The lowest BCUT2D eigenvalue weighted by atomic mass is 10.1. The summed E-state index contributed by atoms with van der Waals surface area (Å²) in [6, 6.07) is 23.8. The summed E-state index contributed by atoms with van der Waals surface area (Å²) in [7, 11) is 0. The molecular weight excluding hydrogens is 398 g/mol. The molecule has 0 saturated carbocycles. The molecule has 5 aromatic heterocycles. The fraction of sp³-hybridized carbons (Fsp3) is 0. The first-order valence-electron chi connectivity index (χ1n) is 10.2. The Bertz CT molecular complexity index is 1550. The zero-order valence-electron chi connectivity index (χ0n) is 17.0. The number of pyridine rings is 4. The number of hydrogen-bond acceptors (Lipinski definition) is 5. The van der Waals surface area contributed by atoms with Gasteiger partial charge in [-0.3, -0.25) is 14.5 Å². The van der Waals surface area contributed by atoms with Gasteiger partial charge in [-0.15, -0.1) is 0 Å². The average molecular weight is 415 g/mol. The SMILES string of the molecule is c1ccc(Oc2cncc(-c3cnc4c5ccccc5n(-c5ccccn5)c4c3)c2)nc1. The Kier molecular flexibility index (Phi) is 4.32. The van der Waals surface area contributed by atoms with Crippen LogP contribution in [0.5, 0.6) is 11.6 Å². The third kappa shape index (κ3) is 3.15. The number of nitrogens with zero attached hydrogens (tertiary/aromatic N) is 5. The molecule has 6 aromatic rings. The van der Waals surface area contributed by atoms with E-state index in [-0.39, 0.29) is 0 Å². The quantitative estimate of drug-likeness (QED) is 0.363. The Labute approximate surface area is 183 Å². The fourth-order valence-electron chi connectivity index (χ4n) is 3.88. The summed E-state index contributed by atoms with van der Waals surface area (Å²) in [5, 5.41) is 1.09. The van der Waals surface area contributed by atoms with Gasteiger partial charge in [0.2, 0.25) is 5.88 Å². The highest BCUT2D eigenvalue weighted by molar-refractivity contribution is 6.07. The molecule has 0 spiro atoms. The average Bonchev–Trinajstić information content (AvgIpc) is 3.19. The van der Waals surface area contributed by atoms with Gasteiger partial charge in [0.15, 0.2) is 0 Å². The van der Waals surface area contributed by atoms with Crippen molar-refractivity contribution in [3.63, 3.8) is 0 Å². The standard InChI is InChI=1S/C26H17N5O/c1-2-8-22-21(7-1)26-23(31(22)24-9-3-5-11-28-24)14-19(16-30-26)18-13-20(17-27-15-18)32-25-10-4-6-12-29-25/h1-17H. The molecule has 0 bridgehead atoms. The second-order valence-corrected chi connectivity index (χ2v) is 7.31. The predicted molar refractivity (Wildman–Crippen MR) is 124 cm³/mol. The maximum atomic E-state index is 5.86. The van der Waals surface area contributed by atoms with Crippen molar-refractivity contribution < 1.29 is 4.74 Å². The molecule has 32 heavy (non-hydrogen) atoms. The molecule has 1 aromatic carbocycles. The van der Waals surface area contributed by atoms with Crippen molar-refractivity contribution in [3.8, 4) is 28.6 Å². The van der Waals surface area contributed by atoms with E-state index in [1.165, 1.54) is 0 Å². The largest absolute Gasteiger partial charge is 0.437 e. The zero-order chi connectivity index (χ0) is 21.3. The van der Waals surface area contributed by atoms with Gasteiger partial charge in [-0.2, -0.15) is 0 Å². The highest BCUT2D eigenvalue weighted by Gasteiger charge is 2.15. The molecule has 0 aliphatic carbocycles. The molecule has 0 saturated heterocycles. The number of para-hydroxylation sites is 1. The first kappa shape index (κ1) is 18.2. The summed E-state index contributed by atoms with van der Waals surface area (Å²) >= 11 is 0. The maximum absolute atomic E-state index is 5.86. The second-order valence-electron chi connectivity index (χ2n) is 7.31. The molecule has 6 nitrogen and oxygen atoms in total. The minimum atomic E-state index is 0.523. The van der Waals surface area contributed by atoms with Crippen LogP contribution < -0.4 is 4.74 Å². The molecule has 0 unspecified atom stereocenters. The molecular formula is C26H17N5O. The Morgan fingerprint density at radius 3 is 2.31 bits per heavy atom. The Morgan fingerprint density at radius 1 is 0.656 bits per heavy atom. The van der Waals surface area contributed by atoms with E-state index in [0.717, 1.165) is 38.9 Å². The van der Waals surface area contributed by atoms with E-state index >= 15 is 0 Å². The van der Waals surface area contributed by atoms with E-state index in [1.54, 1.807) is 18.6 Å². The van der Waals surface area contributed by atoms with Gasteiger partial charge in [-0.1, -0.05) is 30.3 Å². The van der Waals surface area contributed by atoms with E-state index < -0.39 is 0 Å².